The number of fused-ring (bicyclic) bond motifs is 3. The molecule has 3 aliphatic rings. The van der Waals surface area contributed by atoms with Gasteiger partial charge in [0.15, 0.2) is 0 Å². The highest BCUT2D eigenvalue weighted by atomic mass is 32.1. The average Bonchev–Trinajstić information content (AvgIpc) is 3.89. The van der Waals surface area contributed by atoms with Crippen molar-refractivity contribution in [2.24, 2.45) is 17.8 Å². The Kier molecular flexibility index (Phi) is 8.47. The lowest BCUT2D eigenvalue weighted by atomic mass is 9.69. The van der Waals surface area contributed by atoms with Crippen molar-refractivity contribution in [2.75, 3.05) is 13.2 Å². The Labute approximate surface area is 265 Å². The number of thiophene rings is 1. The number of pyridine rings is 1. The molecular formula is C36H34N2O6S. The van der Waals surface area contributed by atoms with Gasteiger partial charge in [0, 0.05) is 17.0 Å². The van der Waals surface area contributed by atoms with Gasteiger partial charge >= 0.3 is 0 Å². The molecule has 0 bridgehead atoms. The van der Waals surface area contributed by atoms with Crippen LogP contribution in [0.2, 0.25) is 0 Å². The number of likely N-dealkylation sites (tertiary alicyclic amines) is 1. The summed E-state index contributed by atoms with van der Waals surface area (Å²) in [5.41, 5.74) is 3.97. The Morgan fingerprint density at radius 2 is 1.89 bits per heavy atom. The quantitative estimate of drug-likeness (QED) is 0.158. The second-order valence-electron chi connectivity index (χ2n) is 11.7. The Morgan fingerprint density at radius 1 is 1.02 bits per heavy atom. The number of aromatic nitrogens is 1. The van der Waals surface area contributed by atoms with Crippen molar-refractivity contribution in [1.82, 2.24) is 9.88 Å². The first kappa shape index (κ1) is 29.4. The molecule has 1 aliphatic carbocycles. The van der Waals surface area contributed by atoms with E-state index < -0.39 is 11.8 Å². The Bertz CT molecular complexity index is 1710. The van der Waals surface area contributed by atoms with E-state index in [1.54, 1.807) is 23.6 Å². The molecule has 9 heteroatoms. The number of imide groups is 1. The van der Waals surface area contributed by atoms with Crippen molar-refractivity contribution in [3.8, 4) is 5.75 Å². The fourth-order valence-corrected chi connectivity index (χ4v) is 7.61. The number of ether oxygens (including phenoxy) is 2. The van der Waals surface area contributed by atoms with E-state index in [4.69, 9.17) is 13.9 Å². The van der Waals surface area contributed by atoms with E-state index >= 15 is 0 Å². The molecule has 5 heterocycles. The summed E-state index contributed by atoms with van der Waals surface area (Å²) in [4.78, 5) is 34.6. The number of furan rings is 1. The molecule has 0 spiro atoms. The van der Waals surface area contributed by atoms with Gasteiger partial charge < -0.3 is 19.0 Å². The molecule has 8 nitrogen and oxygen atoms in total. The lowest BCUT2D eigenvalue weighted by Gasteiger charge is -2.31. The number of allylic oxidation sites excluding steroid dienone is 1. The van der Waals surface area contributed by atoms with Crippen LogP contribution in [0.3, 0.4) is 0 Å². The van der Waals surface area contributed by atoms with E-state index in [1.807, 2.05) is 78.2 Å². The van der Waals surface area contributed by atoms with E-state index in [9.17, 15) is 14.7 Å². The highest BCUT2D eigenvalue weighted by molar-refractivity contribution is 7.09. The van der Waals surface area contributed by atoms with E-state index in [1.165, 1.54) is 4.90 Å². The second kappa shape index (κ2) is 13.0. The molecule has 2 fully saturated rings. The molecule has 1 aromatic carbocycles. The maximum absolute atomic E-state index is 13.8. The number of hydrogen-bond acceptors (Lipinski definition) is 8. The molecule has 7 rings (SSSR count). The van der Waals surface area contributed by atoms with Gasteiger partial charge in [0.2, 0.25) is 11.8 Å². The molecule has 2 aliphatic heterocycles. The van der Waals surface area contributed by atoms with Crippen molar-refractivity contribution in [1.29, 1.82) is 0 Å². The van der Waals surface area contributed by atoms with Gasteiger partial charge in [-0.25, -0.2) is 0 Å². The van der Waals surface area contributed by atoms with E-state index in [-0.39, 0.29) is 30.4 Å². The zero-order valence-electron chi connectivity index (χ0n) is 24.7. The second-order valence-corrected chi connectivity index (χ2v) is 12.7. The first-order chi connectivity index (χ1) is 22.1. The number of carbonyl (C=O) groups excluding carboxylic acids is 2. The summed E-state index contributed by atoms with van der Waals surface area (Å²) in [6, 6.07) is 23.0. The van der Waals surface area contributed by atoms with Crippen LogP contribution in [0.5, 0.6) is 5.75 Å². The van der Waals surface area contributed by atoms with Gasteiger partial charge in [-0.05, 0) is 89.9 Å². The third-order valence-electron chi connectivity index (χ3n) is 8.97. The van der Waals surface area contributed by atoms with Gasteiger partial charge in [-0.1, -0.05) is 30.3 Å². The number of benzene rings is 1. The van der Waals surface area contributed by atoms with Gasteiger partial charge in [-0.15, -0.1) is 11.3 Å². The van der Waals surface area contributed by atoms with Crippen LogP contribution < -0.4 is 4.74 Å². The molecule has 4 atom stereocenters. The zero-order valence-corrected chi connectivity index (χ0v) is 25.5. The van der Waals surface area contributed by atoms with Crippen LogP contribution in [-0.4, -0.2) is 46.1 Å². The number of amides is 2. The predicted octanol–water partition coefficient (Wildman–Crippen LogP) is 6.14. The predicted molar refractivity (Wildman–Crippen MR) is 170 cm³/mol. The van der Waals surface area contributed by atoms with Crippen LogP contribution in [0, 0.1) is 17.8 Å². The number of aliphatic hydroxyl groups excluding tert-OH is 1. The summed E-state index contributed by atoms with van der Waals surface area (Å²) >= 11 is 1.55. The van der Waals surface area contributed by atoms with Crippen LogP contribution in [0.1, 0.15) is 41.4 Å². The van der Waals surface area contributed by atoms with Crippen molar-refractivity contribution in [2.45, 2.75) is 38.5 Å². The lowest BCUT2D eigenvalue weighted by molar-refractivity contribution is -0.140. The minimum atomic E-state index is -0.427. The number of rotatable bonds is 11. The number of aliphatic hydroxyl groups is 1. The normalized spacial score (nSPS) is 23.0. The lowest BCUT2D eigenvalue weighted by Crippen LogP contribution is -2.35. The van der Waals surface area contributed by atoms with Crippen molar-refractivity contribution >= 4 is 34.8 Å². The standard InChI is InChI=1S/C36H34N2O6S/c39-20-27-13-12-26(44-27)17-23(31-10-4-5-15-37-31)11-14-32-33-24(21-42-25-7-2-1-3-8-25)18-29-34(30(33)22-43-32)36(41)38(35(29)40)19-28-9-6-16-45-28/h1-10,12-13,15-17,29-30,32,34,39H,11,14,18-22H2/b23-17-/t29-,30+,32-,34-/m1/s1. The highest BCUT2D eigenvalue weighted by Gasteiger charge is 2.57. The first-order valence-electron chi connectivity index (χ1n) is 15.3. The van der Waals surface area contributed by atoms with Gasteiger partial charge in [0.05, 0.1) is 36.8 Å². The average molecular weight is 623 g/mol. The highest BCUT2D eigenvalue weighted by Crippen LogP contribution is 2.50. The Balaban J connectivity index is 1.17. The van der Waals surface area contributed by atoms with Crippen LogP contribution in [0.25, 0.3) is 11.6 Å². The van der Waals surface area contributed by atoms with Crippen molar-refractivity contribution in [3.05, 3.63) is 118 Å². The van der Waals surface area contributed by atoms with Crippen LogP contribution in [0.15, 0.2) is 99.9 Å². The third kappa shape index (κ3) is 6.03. The summed E-state index contributed by atoms with van der Waals surface area (Å²) in [7, 11) is 0. The molecule has 0 saturated carbocycles. The maximum atomic E-state index is 13.8. The van der Waals surface area contributed by atoms with E-state index in [0.717, 1.165) is 33.0 Å². The van der Waals surface area contributed by atoms with Gasteiger partial charge in [0.25, 0.3) is 0 Å². The fraction of sp³-hybridized carbons (Fsp3) is 0.306. The third-order valence-corrected chi connectivity index (χ3v) is 9.84. The SMILES string of the molecule is O=C1[C@@H]2[C@@H](CC(COc3ccccc3)=C3[C@@H](CC/C(=C/c4ccc(CO)o4)c4ccccn4)OC[C@@H]32)C(=O)N1Cc1cccs1. The molecule has 45 heavy (non-hydrogen) atoms. The molecule has 2 saturated heterocycles. The summed E-state index contributed by atoms with van der Waals surface area (Å²) in [5.74, 6) is 0.690. The van der Waals surface area contributed by atoms with Crippen LogP contribution in [0.4, 0.5) is 0 Å². The topological polar surface area (TPSA) is 102 Å². The van der Waals surface area contributed by atoms with Gasteiger partial charge in [0.1, 0.15) is 30.5 Å². The number of para-hydroxylation sites is 1. The van der Waals surface area contributed by atoms with Crippen LogP contribution in [-0.2, 0) is 27.5 Å². The zero-order chi connectivity index (χ0) is 30.8. The summed E-state index contributed by atoms with van der Waals surface area (Å²) < 4.78 is 18.5. The maximum Gasteiger partial charge on any atom is 0.234 e. The molecule has 0 radical (unpaired) electrons. The van der Waals surface area contributed by atoms with E-state index in [2.05, 4.69) is 4.98 Å². The van der Waals surface area contributed by atoms with Crippen molar-refractivity contribution in [3.63, 3.8) is 0 Å². The van der Waals surface area contributed by atoms with E-state index in [0.29, 0.717) is 50.5 Å². The molecule has 2 amide bonds. The molecule has 230 valence electrons. The number of hydrogen-bond donors (Lipinski definition) is 1. The minimum absolute atomic E-state index is 0.0974. The Morgan fingerprint density at radius 3 is 2.64 bits per heavy atom. The minimum Gasteiger partial charge on any atom is -0.489 e. The van der Waals surface area contributed by atoms with Gasteiger partial charge in [-0.3, -0.25) is 19.5 Å². The molecule has 0 unspecified atom stereocenters. The number of carbonyl (C=O) groups is 2. The molecule has 4 aromatic rings. The monoisotopic (exact) mass is 622 g/mol. The molecular weight excluding hydrogens is 588 g/mol. The van der Waals surface area contributed by atoms with Crippen LogP contribution >= 0.6 is 11.3 Å². The summed E-state index contributed by atoms with van der Waals surface area (Å²) in [6.07, 6.45) is 5.28. The summed E-state index contributed by atoms with van der Waals surface area (Å²) in [5, 5.41) is 11.4. The summed E-state index contributed by atoms with van der Waals surface area (Å²) in [6.45, 7) is 0.876. The molecule has 3 aromatic heterocycles. The first-order valence-corrected chi connectivity index (χ1v) is 16.2. The Hall–Kier alpha value is -4.31. The molecule has 1 N–H and O–H groups in total. The number of nitrogens with zero attached hydrogens (tertiary/aromatic N) is 2. The fourth-order valence-electron chi connectivity index (χ4n) is 6.91. The smallest absolute Gasteiger partial charge is 0.234 e. The van der Waals surface area contributed by atoms with Gasteiger partial charge in [-0.2, -0.15) is 0 Å². The van der Waals surface area contributed by atoms with Crippen molar-refractivity contribution < 1.29 is 28.6 Å². The largest absolute Gasteiger partial charge is 0.489 e.